The predicted molar refractivity (Wildman–Crippen MR) is 77.1 cm³/mol. The smallest absolute Gasteiger partial charge is 0.151 e. The van der Waals surface area contributed by atoms with Crippen LogP contribution in [0.2, 0.25) is 0 Å². The molecule has 0 radical (unpaired) electrons. The molecule has 4 nitrogen and oxygen atoms in total. The Kier molecular flexibility index (Phi) is 4.29. The second-order valence-corrected chi connectivity index (χ2v) is 7.89. The molecular weight excluding hydrogens is 316 g/mol. The summed E-state index contributed by atoms with van der Waals surface area (Å²) >= 11 is 3.42. The first-order valence-corrected chi connectivity index (χ1v) is 8.54. The fourth-order valence-corrected chi connectivity index (χ4v) is 4.04. The van der Waals surface area contributed by atoms with Gasteiger partial charge in [-0.1, -0.05) is 15.9 Å². The van der Waals surface area contributed by atoms with Crippen LogP contribution in [0.3, 0.4) is 0 Å². The van der Waals surface area contributed by atoms with Gasteiger partial charge >= 0.3 is 0 Å². The Morgan fingerprint density at radius 3 is 2.72 bits per heavy atom. The van der Waals surface area contributed by atoms with E-state index in [1.165, 1.54) is 0 Å². The zero-order chi connectivity index (χ0) is 13.2. The van der Waals surface area contributed by atoms with Crippen LogP contribution in [-0.4, -0.2) is 37.9 Å². The van der Waals surface area contributed by atoms with Gasteiger partial charge in [-0.05, 0) is 36.7 Å². The fraction of sp³-hybridized carbons (Fsp3) is 0.500. The van der Waals surface area contributed by atoms with Crippen molar-refractivity contribution in [1.29, 1.82) is 0 Å². The number of nitrogens with two attached hydrogens (primary N) is 1. The van der Waals surface area contributed by atoms with E-state index in [-0.39, 0.29) is 5.75 Å². The maximum Gasteiger partial charge on any atom is 0.151 e. The molecule has 6 heteroatoms. The van der Waals surface area contributed by atoms with Crippen molar-refractivity contribution in [3.63, 3.8) is 0 Å². The van der Waals surface area contributed by atoms with Gasteiger partial charge in [-0.2, -0.15) is 0 Å². The third kappa shape index (κ3) is 3.96. The van der Waals surface area contributed by atoms with E-state index in [1.54, 1.807) is 0 Å². The number of benzene rings is 1. The van der Waals surface area contributed by atoms with Crippen molar-refractivity contribution in [1.82, 2.24) is 4.90 Å². The third-order valence-corrected chi connectivity index (χ3v) is 5.21. The van der Waals surface area contributed by atoms with E-state index in [0.29, 0.717) is 18.7 Å². The molecule has 0 spiro atoms. The molecule has 0 aromatic heterocycles. The van der Waals surface area contributed by atoms with Crippen molar-refractivity contribution in [2.75, 3.05) is 30.3 Å². The Labute approximate surface area is 116 Å². The SMILES string of the molecule is Nc1cc(Br)cc(CN2CCCS(=O)(=O)CC2)c1. The van der Waals surface area contributed by atoms with Crippen LogP contribution in [0.5, 0.6) is 0 Å². The maximum absolute atomic E-state index is 11.5. The van der Waals surface area contributed by atoms with E-state index < -0.39 is 9.84 Å². The highest BCUT2D eigenvalue weighted by Gasteiger charge is 2.19. The summed E-state index contributed by atoms with van der Waals surface area (Å²) in [6.07, 6.45) is 0.714. The number of nitrogens with zero attached hydrogens (tertiary/aromatic N) is 1. The highest BCUT2D eigenvalue weighted by atomic mass is 79.9. The monoisotopic (exact) mass is 332 g/mol. The van der Waals surface area contributed by atoms with E-state index in [1.807, 2.05) is 18.2 Å². The van der Waals surface area contributed by atoms with E-state index >= 15 is 0 Å². The van der Waals surface area contributed by atoms with Crippen LogP contribution < -0.4 is 5.73 Å². The largest absolute Gasteiger partial charge is 0.399 e. The minimum Gasteiger partial charge on any atom is -0.399 e. The highest BCUT2D eigenvalue weighted by molar-refractivity contribution is 9.10. The number of hydrogen-bond donors (Lipinski definition) is 1. The minimum atomic E-state index is -2.84. The lowest BCUT2D eigenvalue weighted by Gasteiger charge is -2.19. The van der Waals surface area contributed by atoms with Gasteiger partial charge in [0.2, 0.25) is 0 Å². The number of hydrogen-bond acceptors (Lipinski definition) is 4. The van der Waals surface area contributed by atoms with Gasteiger partial charge in [0, 0.05) is 23.2 Å². The Balaban J connectivity index is 2.05. The Morgan fingerprint density at radius 1 is 1.22 bits per heavy atom. The molecule has 1 saturated heterocycles. The maximum atomic E-state index is 11.5. The first kappa shape index (κ1) is 13.8. The molecule has 1 aliphatic heterocycles. The second-order valence-electron chi connectivity index (χ2n) is 4.67. The zero-order valence-electron chi connectivity index (χ0n) is 10.1. The van der Waals surface area contributed by atoms with Gasteiger partial charge in [0.1, 0.15) is 0 Å². The van der Waals surface area contributed by atoms with Gasteiger partial charge in [0.25, 0.3) is 0 Å². The van der Waals surface area contributed by atoms with Crippen LogP contribution in [0.25, 0.3) is 0 Å². The van der Waals surface area contributed by atoms with Gasteiger partial charge in [0.05, 0.1) is 11.5 Å². The number of anilines is 1. The average molecular weight is 333 g/mol. The first-order chi connectivity index (χ1) is 8.44. The normalized spacial score (nSPS) is 20.5. The molecule has 1 fully saturated rings. The molecular formula is C12H17BrN2O2S. The van der Waals surface area contributed by atoms with Crippen LogP contribution in [0.15, 0.2) is 22.7 Å². The van der Waals surface area contributed by atoms with Crippen LogP contribution in [-0.2, 0) is 16.4 Å². The molecule has 0 unspecified atom stereocenters. The van der Waals surface area contributed by atoms with Gasteiger partial charge in [-0.3, -0.25) is 4.90 Å². The van der Waals surface area contributed by atoms with Crippen molar-refractivity contribution < 1.29 is 8.42 Å². The van der Waals surface area contributed by atoms with E-state index in [4.69, 9.17) is 5.73 Å². The number of nitrogen functional groups attached to an aromatic ring is 1. The summed E-state index contributed by atoms with van der Waals surface area (Å²) in [5, 5.41) is 0. The molecule has 1 heterocycles. The van der Waals surface area contributed by atoms with E-state index in [2.05, 4.69) is 20.8 Å². The molecule has 1 aromatic carbocycles. The topological polar surface area (TPSA) is 63.4 Å². The molecule has 18 heavy (non-hydrogen) atoms. The molecule has 100 valence electrons. The lowest BCUT2D eigenvalue weighted by molar-refractivity contribution is 0.287. The molecule has 0 aliphatic carbocycles. The van der Waals surface area contributed by atoms with Crippen molar-refractivity contribution in [2.24, 2.45) is 0 Å². The quantitative estimate of drug-likeness (QED) is 0.836. The predicted octanol–water partition coefficient (Wildman–Crippen LogP) is 1.65. The third-order valence-electron chi connectivity index (χ3n) is 3.03. The summed E-state index contributed by atoms with van der Waals surface area (Å²) in [6, 6.07) is 5.82. The Bertz CT molecular complexity index is 511. The molecule has 2 rings (SSSR count). The van der Waals surface area contributed by atoms with Crippen LogP contribution >= 0.6 is 15.9 Å². The van der Waals surface area contributed by atoms with Crippen LogP contribution in [0, 0.1) is 0 Å². The van der Waals surface area contributed by atoms with Crippen molar-refractivity contribution in [3.05, 3.63) is 28.2 Å². The summed E-state index contributed by atoms with van der Waals surface area (Å²) in [5.74, 6) is 0.570. The summed E-state index contributed by atoms with van der Waals surface area (Å²) in [5.41, 5.74) is 7.63. The van der Waals surface area contributed by atoms with Gasteiger partial charge in [0.15, 0.2) is 9.84 Å². The molecule has 0 saturated carbocycles. The molecule has 1 aliphatic rings. The standard InChI is InChI=1S/C12H17BrN2O2S/c13-11-6-10(7-12(14)8-11)9-15-2-1-4-18(16,17)5-3-15/h6-8H,1-5,9,14H2. The molecule has 2 N–H and O–H groups in total. The Hall–Kier alpha value is -0.590. The first-order valence-electron chi connectivity index (χ1n) is 5.92. The number of sulfone groups is 1. The van der Waals surface area contributed by atoms with Crippen LogP contribution in [0.4, 0.5) is 5.69 Å². The van der Waals surface area contributed by atoms with Crippen molar-refractivity contribution in [2.45, 2.75) is 13.0 Å². The number of rotatable bonds is 2. The summed E-state index contributed by atoms with van der Waals surface area (Å²) < 4.78 is 24.0. The van der Waals surface area contributed by atoms with Crippen molar-refractivity contribution >= 4 is 31.5 Å². The fourth-order valence-electron chi connectivity index (χ4n) is 2.17. The summed E-state index contributed by atoms with van der Waals surface area (Å²) in [4.78, 5) is 2.17. The summed E-state index contributed by atoms with van der Waals surface area (Å²) in [6.45, 7) is 2.18. The lowest BCUT2D eigenvalue weighted by Crippen LogP contribution is -2.26. The van der Waals surface area contributed by atoms with Crippen LogP contribution in [0.1, 0.15) is 12.0 Å². The van der Waals surface area contributed by atoms with Gasteiger partial charge in [-0.15, -0.1) is 0 Å². The number of halogens is 1. The minimum absolute atomic E-state index is 0.260. The van der Waals surface area contributed by atoms with Crippen molar-refractivity contribution in [3.8, 4) is 0 Å². The molecule has 0 atom stereocenters. The molecule has 0 amide bonds. The summed E-state index contributed by atoms with van der Waals surface area (Å²) in [7, 11) is -2.84. The molecule has 1 aromatic rings. The second kappa shape index (κ2) is 5.59. The van der Waals surface area contributed by atoms with Gasteiger partial charge < -0.3 is 5.73 Å². The highest BCUT2D eigenvalue weighted by Crippen LogP contribution is 2.19. The Morgan fingerprint density at radius 2 is 2.00 bits per heavy atom. The van der Waals surface area contributed by atoms with E-state index in [0.717, 1.165) is 28.8 Å². The van der Waals surface area contributed by atoms with Gasteiger partial charge in [-0.25, -0.2) is 8.42 Å². The zero-order valence-corrected chi connectivity index (χ0v) is 12.5. The molecule has 0 bridgehead atoms. The average Bonchev–Trinajstić information content (AvgIpc) is 2.39. The van der Waals surface area contributed by atoms with E-state index in [9.17, 15) is 8.42 Å². The lowest BCUT2D eigenvalue weighted by atomic mass is 10.2.